The SMILES string of the molecule is C/C=C/c1ccc(C(=O)NC)cn1. The molecule has 0 saturated heterocycles. The van der Waals surface area contributed by atoms with E-state index >= 15 is 0 Å². The first-order valence-corrected chi connectivity index (χ1v) is 4.08. The summed E-state index contributed by atoms with van der Waals surface area (Å²) in [6.45, 7) is 1.92. The number of hydrogen-bond donors (Lipinski definition) is 1. The van der Waals surface area contributed by atoms with Crippen LogP contribution < -0.4 is 5.32 Å². The number of hydrogen-bond acceptors (Lipinski definition) is 2. The molecule has 0 spiro atoms. The highest BCUT2D eigenvalue weighted by molar-refractivity contribution is 5.93. The van der Waals surface area contributed by atoms with Crippen molar-refractivity contribution >= 4 is 12.0 Å². The molecule has 3 heteroatoms. The van der Waals surface area contributed by atoms with Crippen molar-refractivity contribution in [3.63, 3.8) is 0 Å². The van der Waals surface area contributed by atoms with Gasteiger partial charge in [-0.25, -0.2) is 0 Å². The minimum Gasteiger partial charge on any atom is -0.355 e. The Balaban J connectivity index is 2.87. The highest BCUT2D eigenvalue weighted by Gasteiger charge is 2.01. The maximum Gasteiger partial charge on any atom is 0.252 e. The number of nitrogens with one attached hydrogen (secondary N) is 1. The number of carbonyl (C=O) groups is 1. The maximum atomic E-state index is 11.1. The third-order valence-electron chi connectivity index (χ3n) is 1.61. The molecule has 1 aromatic rings. The summed E-state index contributed by atoms with van der Waals surface area (Å²) in [5.41, 5.74) is 1.44. The van der Waals surface area contributed by atoms with Crippen LogP contribution in [0.5, 0.6) is 0 Å². The van der Waals surface area contributed by atoms with E-state index in [0.29, 0.717) is 5.56 Å². The second kappa shape index (κ2) is 4.40. The lowest BCUT2D eigenvalue weighted by molar-refractivity contribution is 0.0963. The van der Waals surface area contributed by atoms with Crippen LogP contribution in [0.15, 0.2) is 24.4 Å². The van der Waals surface area contributed by atoms with Crippen LogP contribution in [-0.4, -0.2) is 17.9 Å². The molecule has 0 aromatic carbocycles. The molecule has 0 saturated carbocycles. The molecule has 0 aliphatic rings. The molecule has 3 nitrogen and oxygen atoms in total. The summed E-state index contributed by atoms with van der Waals surface area (Å²) in [6, 6.07) is 3.56. The Hall–Kier alpha value is -1.64. The van der Waals surface area contributed by atoms with E-state index in [1.807, 2.05) is 25.1 Å². The van der Waals surface area contributed by atoms with Gasteiger partial charge in [-0.3, -0.25) is 9.78 Å². The normalized spacial score (nSPS) is 10.3. The van der Waals surface area contributed by atoms with Gasteiger partial charge in [0, 0.05) is 13.2 Å². The summed E-state index contributed by atoms with van der Waals surface area (Å²) in [6.07, 6.45) is 5.35. The minimum absolute atomic E-state index is 0.112. The monoisotopic (exact) mass is 176 g/mol. The number of carbonyl (C=O) groups excluding carboxylic acids is 1. The number of pyridine rings is 1. The van der Waals surface area contributed by atoms with E-state index in [9.17, 15) is 4.79 Å². The summed E-state index contributed by atoms with van der Waals surface area (Å²) < 4.78 is 0. The van der Waals surface area contributed by atoms with Crippen molar-refractivity contribution in [1.29, 1.82) is 0 Å². The van der Waals surface area contributed by atoms with Crippen LogP contribution in [-0.2, 0) is 0 Å². The van der Waals surface area contributed by atoms with Crippen molar-refractivity contribution in [2.24, 2.45) is 0 Å². The van der Waals surface area contributed by atoms with Crippen molar-refractivity contribution in [2.45, 2.75) is 6.92 Å². The molecule has 1 amide bonds. The minimum atomic E-state index is -0.112. The standard InChI is InChI=1S/C10H12N2O/c1-3-4-9-6-5-8(7-12-9)10(13)11-2/h3-7H,1-2H3,(H,11,13)/b4-3+. The van der Waals surface area contributed by atoms with Gasteiger partial charge in [0.2, 0.25) is 0 Å². The van der Waals surface area contributed by atoms with Crippen LogP contribution >= 0.6 is 0 Å². The quantitative estimate of drug-likeness (QED) is 0.741. The Labute approximate surface area is 77.5 Å². The zero-order valence-electron chi connectivity index (χ0n) is 7.74. The summed E-state index contributed by atoms with van der Waals surface area (Å²) in [5.74, 6) is -0.112. The number of amides is 1. The average molecular weight is 176 g/mol. The predicted molar refractivity (Wildman–Crippen MR) is 52.3 cm³/mol. The highest BCUT2D eigenvalue weighted by Crippen LogP contribution is 2.01. The average Bonchev–Trinajstić information content (AvgIpc) is 2.18. The van der Waals surface area contributed by atoms with E-state index < -0.39 is 0 Å². The maximum absolute atomic E-state index is 11.1. The van der Waals surface area contributed by atoms with Gasteiger partial charge in [0.25, 0.3) is 5.91 Å². The zero-order chi connectivity index (χ0) is 9.68. The van der Waals surface area contributed by atoms with Crippen molar-refractivity contribution < 1.29 is 4.79 Å². The molecule has 1 N–H and O–H groups in total. The molecule has 0 bridgehead atoms. The van der Waals surface area contributed by atoms with Crippen LogP contribution in [0, 0.1) is 0 Å². The fourth-order valence-corrected chi connectivity index (χ4v) is 0.953. The first-order valence-electron chi connectivity index (χ1n) is 4.08. The largest absolute Gasteiger partial charge is 0.355 e. The fourth-order valence-electron chi connectivity index (χ4n) is 0.953. The Morgan fingerprint density at radius 1 is 1.54 bits per heavy atom. The van der Waals surface area contributed by atoms with E-state index in [2.05, 4.69) is 10.3 Å². The molecule has 68 valence electrons. The predicted octanol–water partition coefficient (Wildman–Crippen LogP) is 1.47. The lowest BCUT2D eigenvalue weighted by Gasteiger charge is -1.98. The van der Waals surface area contributed by atoms with E-state index in [-0.39, 0.29) is 5.91 Å². The van der Waals surface area contributed by atoms with Gasteiger partial charge in [-0.2, -0.15) is 0 Å². The molecule has 0 fully saturated rings. The van der Waals surface area contributed by atoms with Crippen LogP contribution in [0.25, 0.3) is 6.08 Å². The van der Waals surface area contributed by atoms with E-state index in [0.717, 1.165) is 5.69 Å². The van der Waals surface area contributed by atoms with Crippen LogP contribution in [0.2, 0.25) is 0 Å². The second-order valence-electron chi connectivity index (χ2n) is 2.55. The third kappa shape index (κ3) is 2.40. The van der Waals surface area contributed by atoms with E-state index in [1.54, 1.807) is 19.3 Å². The number of rotatable bonds is 2. The first-order chi connectivity index (χ1) is 6.27. The van der Waals surface area contributed by atoms with E-state index in [1.165, 1.54) is 0 Å². The Morgan fingerprint density at radius 3 is 2.77 bits per heavy atom. The molecule has 13 heavy (non-hydrogen) atoms. The zero-order valence-corrected chi connectivity index (χ0v) is 7.74. The van der Waals surface area contributed by atoms with Crippen molar-refractivity contribution in [3.05, 3.63) is 35.7 Å². The number of nitrogens with zero attached hydrogens (tertiary/aromatic N) is 1. The van der Waals surface area contributed by atoms with Crippen LogP contribution in [0.1, 0.15) is 23.0 Å². The summed E-state index contributed by atoms with van der Waals surface area (Å²) >= 11 is 0. The molecule has 1 heterocycles. The molecule has 0 aliphatic carbocycles. The van der Waals surface area contributed by atoms with Gasteiger partial charge in [-0.05, 0) is 25.1 Å². The molecule has 1 aromatic heterocycles. The van der Waals surface area contributed by atoms with Gasteiger partial charge >= 0.3 is 0 Å². The van der Waals surface area contributed by atoms with Gasteiger partial charge < -0.3 is 5.32 Å². The second-order valence-corrected chi connectivity index (χ2v) is 2.55. The van der Waals surface area contributed by atoms with Gasteiger partial charge in [-0.1, -0.05) is 6.08 Å². The number of aromatic nitrogens is 1. The van der Waals surface area contributed by atoms with E-state index in [4.69, 9.17) is 0 Å². The van der Waals surface area contributed by atoms with Crippen LogP contribution in [0.4, 0.5) is 0 Å². The Morgan fingerprint density at radius 2 is 2.31 bits per heavy atom. The molecule has 0 radical (unpaired) electrons. The summed E-state index contributed by atoms with van der Waals surface area (Å²) in [4.78, 5) is 15.2. The highest BCUT2D eigenvalue weighted by atomic mass is 16.1. The van der Waals surface area contributed by atoms with Crippen LogP contribution in [0.3, 0.4) is 0 Å². The van der Waals surface area contributed by atoms with Crippen molar-refractivity contribution in [1.82, 2.24) is 10.3 Å². The lowest BCUT2D eigenvalue weighted by atomic mass is 10.2. The van der Waals surface area contributed by atoms with Gasteiger partial charge in [0.1, 0.15) is 0 Å². The molecule has 1 rings (SSSR count). The molecule has 0 aliphatic heterocycles. The lowest BCUT2D eigenvalue weighted by Crippen LogP contribution is -2.17. The van der Waals surface area contributed by atoms with Crippen molar-refractivity contribution in [3.8, 4) is 0 Å². The van der Waals surface area contributed by atoms with Gasteiger partial charge in [-0.15, -0.1) is 0 Å². The topological polar surface area (TPSA) is 42.0 Å². The third-order valence-corrected chi connectivity index (χ3v) is 1.61. The number of allylic oxidation sites excluding steroid dienone is 1. The van der Waals surface area contributed by atoms with Gasteiger partial charge in [0.05, 0.1) is 11.3 Å². The van der Waals surface area contributed by atoms with Gasteiger partial charge in [0.15, 0.2) is 0 Å². The molecule has 0 atom stereocenters. The smallest absolute Gasteiger partial charge is 0.252 e. The van der Waals surface area contributed by atoms with Crippen molar-refractivity contribution in [2.75, 3.05) is 7.05 Å². The molecular formula is C10H12N2O. The fraction of sp³-hybridized carbons (Fsp3) is 0.200. The molecular weight excluding hydrogens is 164 g/mol. The summed E-state index contributed by atoms with van der Waals surface area (Å²) in [7, 11) is 1.60. The Bertz CT molecular complexity index is 314. The Kier molecular flexibility index (Phi) is 3.20. The summed E-state index contributed by atoms with van der Waals surface area (Å²) in [5, 5.41) is 2.54. The molecule has 0 unspecified atom stereocenters. The first kappa shape index (κ1) is 9.45.